The predicted octanol–water partition coefficient (Wildman–Crippen LogP) is 2.61. The first-order valence-electron chi connectivity index (χ1n) is 6.37. The quantitative estimate of drug-likeness (QED) is 0.767. The van der Waals surface area contributed by atoms with Gasteiger partial charge in [0.2, 0.25) is 5.91 Å². The van der Waals surface area contributed by atoms with Crippen molar-refractivity contribution in [1.82, 2.24) is 0 Å². The topological polar surface area (TPSA) is 46.6 Å². The van der Waals surface area contributed by atoms with Crippen molar-refractivity contribution in [1.29, 1.82) is 0 Å². The van der Waals surface area contributed by atoms with E-state index in [9.17, 15) is 9.59 Å². The summed E-state index contributed by atoms with van der Waals surface area (Å²) in [5.74, 6) is -0.264. The van der Waals surface area contributed by atoms with Crippen molar-refractivity contribution in [2.24, 2.45) is 0 Å². The Kier molecular flexibility index (Phi) is 5.55. The van der Waals surface area contributed by atoms with Gasteiger partial charge < -0.3 is 9.64 Å². The number of ether oxygens (including phenoxy) is 1. The molecule has 19 heavy (non-hydrogen) atoms. The number of amides is 1. The molecule has 0 saturated carbocycles. The molecule has 0 atom stereocenters. The highest BCUT2D eigenvalue weighted by Gasteiger charge is 2.14. The second-order valence-electron chi connectivity index (χ2n) is 4.60. The van der Waals surface area contributed by atoms with Crippen LogP contribution >= 0.6 is 0 Å². The summed E-state index contributed by atoms with van der Waals surface area (Å²) >= 11 is 0. The summed E-state index contributed by atoms with van der Waals surface area (Å²) in [5.41, 5.74) is 3.18. The van der Waals surface area contributed by atoms with Crippen LogP contribution in [0.25, 0.3) is 0 Å². The molecular formula is C15H21NO3. The Balaban J connectivity index is 2.62. The van der Waals surface area contributed by atoms with Crippen LogP contribution in [0.5, 0.6) is 0 Å². The van der Waals surface area contributed by atoms with Crippen LogP contribution in [0.4, 0.5) is 5.69 Å². The number of hydrogen-bond donors (Lipinski definition) is 0. The lowest BCUT2D eigenvalue weighted by Gasteiger charge is -2.20. The van der Waals surface area contributed by atoms with Gasteiger partial charge in [-0.15, -0.1) is 0 Å². The fourth-order valence-corrected chi connectivity index (χ4v) is 1.89. The van der Waals surface area contributed by atoms with Gasteiger partial charge in [-0.05, 0) is 37.5 Å². The highest BCUT2D eigenvalue weighted by Crippen LogP contribution is 2.22. The first-order chi connectivity index (χ1) is 8.97. The van der Waals surface area contributed by atoms with Gasteiger partial charge in [0.1, 0.15) is 0 Å². The summed E-state index contributed by atoms with van der Waals surface area (Å²) in [6, 6.07) is 5.89. The highest BCUT2D eigenvalue weighted by atomic mass is 16.5. The average molecular weight is 263 g/mol. The van der Waals surface area contributed by atoms with E-state index in [4.69, 9.17) is 0 Å². The van der Waals surface area contributed by atoms with Crippen LogP contribution in [0.3, 0.4) is 0 Å². The summed E-state index contributed by atoms with van der Waals surface area (Å²) in [4.78, 5) is 24.7. The number of anilines is 1. The van der Waals surface area contributed by atoms with Crippen LogP contribution in [-0.2, 0) is 14.3 Å². The monoisotopic (exact) mass is 263 g/mol. The minimum absolute atomic E-state index is 0.0117. The van der Waals surface area contributed by atoms with Crippen molar-refractivity contribution in [2.75, 3.05) is 19.1 Å². The van der Waals surface area contributed by atoms with Crippen LogP contribution in [0.1, 0.15) is 30.4 Å². The Morgan fingerprint density at radius 2 is 1.89 bits per heavy atom. The maximum atomic E-state index is 12.1. The largest absolute Gasteiger partial charge is 0.469 e. The van der Waals surface area contributed by atoms with Crippen molar-refractivity contribution >= 4 is 17.6 Å². The Hall–Kier alpha value is -1.84. The second kappa shape index (κ2) is 6.92. The van der Waals surface area contributed by atoms with Crippen molar-refractivity contribution in [2.45, 2.75) is 33.1 Å². The Morgan fingerprint density at radius 1 is 1.21 bits per heavy atom. The van der Waals surface area contributed by atoms with E-state index >= 15 is 0 Å². The highest BCUT2D eigenvalue weighted by molar-refractivity contribution is 5.93. The lowest BCUT2D eigenvalue weighted by Crippen LogP contribution is -2.26. The molecule has 104 valence electrons. The molecule has 4 nitrogen and oxygen atoms in total. The summed E-state index contributed by atoms with van der Waals surface area (Å²) < 4.78 is 4.55. The average Bonchev–Trinajstić information content (AvgIpc) is 2.40. The SMILES string of the molecule is COC(=O)CCCC(=O)N(C)c1cccc(C)c1C. The number of hydrogen-bond acceptors (Lipinski definition) is 3. The molecule has 0 saturated heterocycles. The van der Waals surface area contributed by atoms with E-state index in [1.165, 1.54) is 7.11 Å². The van der Waals surface area contributed by atoms with Gasteiger partial charge in [-0.2, -0.15) is 0 Å². The summed E-state index contributed by atoms with van der Waals surface area (Å²) in [5, 5.41) is 0. The molecule has 0 heterocycles. The molecule has 0 aliphatic heterocycles. The molecule has 1 rings (SSSR count). The van der Waals surface area contributed by atoms with Crippen LogP contribution in [0.15, 0.2) is 18.2 Å². The molecule has 0 unspecified atom stereocenters. The molecule has 0 fully saturated rings. The molecule has 0 N–H and O–H groups in total. The Bertz CT molecular complexity index is 468. The molecule has 0 bridgehead atoms. The van der Waals surface area contributed by atoms with Gasteiger partial charge in [0, 0.05) is 25.6 Å². The number of methoxy groups -OCH3 is 1. The lowest BCUT2D eigenvalue weighted by atomic mass is 10.1. The molecule has 0 spiro atoms. The summed E-state index contributed by atoms with van der Waals surface area (Å²) in [6.45, 7) is 4.03. The first kappa shape index (κ1) is 15.2. The molecule has 0 aliphatic carbocycles. The van der Waals surface area contributed by atoms with Crippen LogP contribution in [-0.4, -0.2) is 26.0 Å². The van der Waals surface area contributed by atoms with Crippen LogP contribution in [0.2, 0.25) is 0 Å². The zero-order valence-electron chi connectivity index (χ0n) is 12.0. The van der Waals surface area contributed by atoms with E-state index < -0.39 is 0 Å². The van der Waals surface area contributed by atoms with Crippen LogP contribution < -0.4 is 4.90 Å². The van der Waals surface area contributed by atoms with E-state index in [0.717, 1.165) is 16.8 Å². The zero-order chi connectivity index (χ0) is 14.4. The zero-order valence-corrected chi connectivity index (χ0v) is 12.0. The fraction of sp³-hybridized carbons (Fsp3) is 0.467. The number of aryl methyl sites for hydroxylation is 1. The molecule has 1 aromatic carbocycles. The third-order valence-corrected chi connectivity index (χ3v) is 3.31. The van der Waals surface area contributed by atoms with E-state index in [1.807, 2.05) is 32.0 Å². The third kappa shape index (κ3) is 4.09. The van der Waals surface area contributed by atoms with E-state index in [1.54, 1.807) is 11.9 Å². The molecule has 0 radical (unpaired) electrons. The second-order valence-corrected chi connectivity index (χ2v) is 4.60. The number of rotatable bonds is 5. The summed E-state index contributed by atoms with van der Waals surface area (Å²) in [7, 11) is 3.12. The van der Waals surface area contributed by atoms with Gasteiger partial charge in [0.05, 0.1) is 7.11 Å². The smallest absolute Gasteiger partial charge is 0.305 e. The number of carbonyl (C=O) groups is 2. The van der Waals surface area contributed by atoms with Crippen molar-refractivity contribution in [3.8, 4) is 0 Å². The molecular weight excluding hydrogens is 242 g/mol. The van der Waals surface area contributed by atoms with Gasteiger partial charge in [0.25, 0.3) is 0 Å². The molecule has 1 amide bonds. The maximum absolute atomic E-state index is 12.1. The fourth-order valence-electron chi connectivity index (χ4n) is 1.89. The van der Waals surface area contributed by atoms with Crippen molar-refractivity contribution < 1.29 is 14.3 Å². The minimum Gasteiger partial charge on any atom is -0.469 e. The van der Waals surface area contributed by atoms with Crippen molar-refractivity contribution in [3.05, 3.63) is 29.3 Å². The minimum atomic E-state index is -0.276. The van der Waals surface area contributed by atoms with Gasteiger partial charge in [-0.1, -0.05) is 12.1 Å². The van der Waals surface area contributed by atoms with Gasteiger partial charge in [-0.25, -0.2) is 0 Å². The van der Waals surface area contributed by atoms with E-state index in [2.05, 4.69) is 4.74 Å². The van der Waals surface area contributed by atoms with Gasteiger partial charge in [-0.3, -0.25) is 9.59 Å². The summed E-state index contributed by atoms with van der Waals surface area (Å²) in [6.07, 6.45) is 1.14. The third-order valence-electron chi connectivity index (χ3n) is 3.31. The lowest BCUT2D eigenvalue weighted by molar-refractivity contribution is -0.140. The number of carbonyl (C=O) groups excluding carboxylic acids is 2. The predicted molar refractivity (Wildman–Crippen MR) is 75.2 cm³/mol. The number of esters is 1. The Labute approximate surface area is 114 Å². The maximum Gasteiger partial charge on any atom is 0.305 e. The normalized spacial score (nSPS) is 10.1. The Morgan fingerprint density at radius 3 is 2.53 bits per heavy atom. The number of nitrogens with zero attached hydrogens (tertiary/aromatic N) is 1. The van der Waals surface area contributed by atoms with Gasteiger partial charge >= 0.3 is 5.97 Å². The van der Waals surface area contributed by atoms with Crippen molar-refractivity contribution in [3.63, 3.8) is 0 Å². The molecule has 4 heteroatoms. The van der Waals surface area contributed by atoms with Crippen LogP contribution in [0, 0.1) is 13.8 Å². The number of benzene rings is 1. The first-order valence-corrected chi connectivity index (χ1v) is 6.37. The molecule has 0 aromatic heterocycles. The van der Waals surface area contributed by atoms with E-state index in [0.29, 0.717) is 12.8 Å². The molecule has 0 aliphatic rings. The molecule has 1 aromatic rings. The standard InChI is InChI=1S/C15H21NO3/c1-11-7-5-8-13(12(11)2)16(3)14(17)9-6-10-15(18)19-4/h5,7-8H,6,9-10H2,1-4H3. The van der Waals surface area contributed by atoms with E-state index in [-0.39, 0.29) is 18.3 Å². The van der Waals surface area contributed by atoms with Gasteiger partial charge in [0.15, 0.2) is 0 Å².